The highest BCUT2D eigenvalue weighted by molar-refractivity contribution is 5.35. The summed E-state index contributed by atoms with van der Waals surface area (Å²) in [7, 11) is 1.48. The summed E-state index contributed by atoms with van der Waals surface area (Å²) in [6.07, 6.45) is 5.31. The molecule has 4 rings (SSSR count). The Morgan fingerprint density at radius 2 is 2.06 bits per heavy atom. The molecule has 4 atom stereocenters. The van der Waals surface area contributed by atoms with Crippen molar-refractivity contribution in [2.75, 3.05) is 7.11 Å². The van der Waals surface area contributed by atoms with E-state index in [1.807, 2.05) is 6.92 Å². The number of aliphatic hydroxyl groups excluding tert-OH is 1. The first-order chi connectivity index (χ1) is 14.8. The van der Waals surface area contributed by atoms with E-state index in [1.54, 1.807) is 16.9 Å². The van der Waals surface area contributed by atoms with Gasteiger partial charge in [-0.2, -0.15) is 18.3 Å². The predicted molar refractivity (Wildman–Crippen MR) is 106 cm³/mol. The van der Waals surface area contributed by atoms with Crippen molar-refractivity contribution in [3.05, 3.63) is 60.1 Å². The molecule has 3 heterocycles. The maximum atomic E-state index is 14.3. The number of hydrogen-bond acceptors (Lipinski definition) is 6. The van der Waals surface area contributed by atoms with Gasteiger partial charge in [-0.1, -0.05) is 6.08 Å². The fourth-order valence-electron chi connectivity index (χ4n) is 4.21. The zero-order valence-electron chi connectivity index (χ0n) is 17.2. The topological polar surface area (TPSA) is 85.1 Å². The Morgan fingerprint density at radius 1 is 1.32 bits per heavy atom. The molecule has 0 aromatic carbocycles. The van der Waals surface area contributed by atoms with Gasteiger partial charge in [-0.05, 0) is 37.5 Å². The van der Waals surface area contributed by atoms with E-state index in [-0.39, 0.29) is 12.6 Å². The molecule has 1 saturated carbocycles. The minimum atomic E-state index is -4.50. The Labute approximate surface area is 177 Å². The molecule has 0 amide bonds. The molecule has 1 aliphatic heterocycles. The third-order valence-corrected chi connectivity index (χ3v) is 6.26. The molecule has 31 heavy (non-hydrogen) atoms. The quantitative estimate of drug-likeness (QED) is 0.725. The highest BCUT2D eigenvalue weighted by atomic mass is 19.4. The molecule has 0 saturated heterocycles. The number of aromatic nitrogens is 4. The molecule has 7 nitrogen and oxygen atoms in total. The van der Waals surface area contributed by atoms with Crippen molar-refractivity contribution < 1.29 is 23.0 Å². The van der Waals surface area contributed by atoms with Crippen LogP contribution in [0.3, 0.4) is 0 Å². The highest BCUT2D eigenvalue weighted by Gasteiger charge is 2.62. The van der Waals surface area contributed by atoms with Crippen molar-refractivity contribution in [3.8, 4) is 5.75 Å². The van der Waals surface area contributed by atoms with Gasteiger partial charge in [0.05, 0.1) is 37.8 Å². The molecular weight excluding hydrogens is 411 g/mol. The van der Waals surface area contributed by atoms with Gasteiger partial charge in [0.1, 0.15) is 5.82 Å². The van der Waals surface area contributed by atoms with E-state index in [2.05, 4.69) is 20.4 Å². The van der Waals surface area contributed by atoms with Gasteiger partial charge in [0, 0.05) is 24.2 Å². The molecule has 2 N–H and O–H groups in total. The molecule has 10 heteroatoms. The van der Waals surface area contributed by atoms with E-state index in [1.165, 1.54) is 37.9 Å². The Balaban J connectivity index is 1.58. The third-order valence-electron chi connectivity index (χ3n) is 6.26. The smallest absolute Gasteiger partial charge is 0.415 e. The van der Waals surface area contributed by atoms with Gasteiger partial charge >= 0.3 is 6.18 Å². The first-order valence-corrected chi connectivity index (χ1v) is 10.0. The molecule has 2 aromatic heterocycles. The van der Waals surface area contributed by atoms with Crippen LogP contribution in [0.4, 0.5) is 13.2 Å². The van der Waals surface area contributed by atoms with Crippen LogP contribution in [0.15, 0.2) is 48.6 Å². The minimum absolute atomic E-state index is 0.194. The number of ether oxygens (including phenoxy) is 1. The Morgan fingerprint density at radius 3 is 2.55 bits per heavy atom. The van der Waals surface area contributed by atoms with Gasteiger partial charge in [0.2, 0.25) is 0 Å². The van der Waals surface area contributed by atoms with E-state index in [4.69, 9.17) is 4.74 Å². The van der Waals surface area contributed by atoms with Gasteiger partial charge in [-0.25, -0.2) is 9.97 Å². The summed E-state index contributed by atoms with van der Waals surface area (Å²) in [5, 5.41) is 16.1. The van der Waals surface area contributed by atoms with Crippen molar-refractivity contribution in [1.82, 2.24) is 25.1 Å². The van der Waals surface area contributed by atoms with Crippen molar-refractivity contribution in [2.45, 2.75) is 50.0 Å². The molecule has 0 radical (unpaired) electrons. The average molecular weight is 435 g/mol. The second kappa shape index (κ2) is 7.99. The summed E-state index contributed by atoms with van der Waals surface area (Å²) < 4.78 is 49.6. The monoisotopic (exact) mass is 435 g/mol. The lowest BCUT2D eigenvalue weighted by Crippen LogP contribution is -2.63. The number of halogens is 3. The fraction of sp³-hybridized carbons (Fsp3) is 0.476. The lowest BCUT2D eigenvalue weighted by Gasteiger charge is -2.50. The summed E-state index contributed by atoms with van der Waals surface area (Å²) in [5.74, 6) is -0.274. The standard InChI is InChI=1S/C21H24F3N5O2/c1-13(29-8-6-15(12-30)28-29)14-5-7-20(27-9-14,21(22,23)24)18-4-3-17(18)19-25-10-16(31-2)11-26-19/h5-11,13,17-18,27,30H,3-4,12H2,1-2H3. The summed E-state index contributed by atoms with van der Waals surface area (Å²) in [6, 6.07) is 1.38. The number of alkyl halides is 3. The van der Waals surface area contributed by atoms with Crippen molar-refractivity contribution in [2.24, 2.45) is 5.92 Å². The van der Waals surface area contributed by atoms with E-state index >= 15 is 0 Å². The number of allylic oxidation sites excluding steroid dienone is 2. The SMILES string of the molecule is COc1cnc(C2CCC2C2(C(F)(F)F)C=CC(C(C)n3ccc(CO)n3)=CN2)nc1. The van der Waals surface area contributed by atoms with Crippen molar-refractivity contribution >= 4 is 0 Å². The molecular formula is C21H24F3N5O2. The van der Waals surface area contributed by atoms with Crippen LogP contribution in [0.25, 0.3) is 0 Å². The van der Waals surface area contributed by atoms with Crippen molar-refractivity contribution in [1.29, 1.82) is 0 Å². The van der Waals surface area contributed by atoms with Crippen LogP contribution in [0, 0.1) is 5.92 Å². The number of methoxy groups -OCH3 is 1. The summed E-state index contributed by atoms with van der Waals surface area (Å²) in [5.41, 5.74) is -1.03. The molecule has 166 valence electrons. The second-order valence-corrected chi connectivity index (χ2v) is 7.88. The number of nitrogens with one attached hydrogen (secondary N) is 1. The Bertz CT molecular complexity index is 986. The zero-order valence-corrected chi connectivity index (χ0v) is 17.2. The van der Waals surface area contributed by atoms with Gasteiger partial charge < -0.3 is 15.2 Å². The van der Waals surface area contributed by atoms with Crippen LogP contribution in [0.1, 0.15) is 43.2 Å². The van der Waals surface area contributed by atoms with Crippen LogP contribution in [-0.2, 0) is 6.61 Å². The minimum Gasteiger partial charge on any atom is -0.494 e. The molecule has 0 bridgehead atoms. The number of rotatable bonds is 6. The molecule has 2 aromatic rings. The normalized spacial score (nSPS) is 26.6. The molecule has 0 spiro atoms. The number of hydrogen-bond donors (Lipinski definition) is 2. The van der Waals surface area contributed by atoms with E-state index in [0.29, 0.717) is 35.7 Å². The Kier molecular flexibility index (Phi) is 5.50. The summed E-state index contributed by atoms with van der Waals surface area (Å²) in [4.78, 5) is 8.44. The first kappa shape index (κ1) is 21.4. The molecule has 4 unspecified atom stereocenters. The maximum Gasteiger partial charge on any atom is 0.415 e. The lowest BCUT2D eigenvalue weighted by molar-refractivity contribution is -0.204. The highest BCUT2D eigenvalue weighted by Crippen LogP contribution is 2.54. The van der Waals surface area contributed by atoms with Crippen LogP contribution >= 0.6 is 0 Å². The van der Waals surface area contributed by atoms with Crippen LogP contribution in [0.2, 0.25) is 0 Å². The van der Waals surface area contributed by atoms with Gasteiger partial charge in [-0.15, -0.1) is 0 Å². The van der Waals surface area contributed by atoms with Gasteiger partial charge in [0.25, 0.3) is 0 Å². The van der Waals surface area contributed by atoms with Crippen LogP contribution in [0.5, 0.6) is 5.75 Å². The summed E-state index contributed by atoms with van der Waals surface area (Å²) >= 11 is 0. The van der Waals surface area contributed by atoms with Crippen molar-refractivity contribution in [3.63, 3.8) is 0 Å². The molecule has 1 fully saturated rings. The van der Waals surface area contributed by atoms with E-state index in [9.17, 15) is 18.3 Å². The maximum absolute atomic E-state index is 14.3. The Hall–Kier alpha value is -2.88. The molecule has 1 aliphatic carbocycles. The first-order valence-electron chi connectivity index (χ1n) is 10.0. The third kappa shape index (κ3) is 3.69. The number of nitrogens with zero attached hydrogens (tertiary/aromatic N) is 4. The average Bonchev–Trinajstić information content (AvgIpc) is 3.22. The van der Waals surface area contributed by atoms with Gasteiger partial charge in [-0.3, -0.25) is 4.68 Å². The van der Waals surface area contributed by atoms with Crippen LogP contribution < -0.4 is 10.1 Å². The van der Waals surface area contributed by atoms with E-state index < -0.39 is 23.6 Å². The van der Waals surface area contributed by atoms with Gasteiger partial charge in [0.15, 0.2) is 11.3 Å². The van der Waals surface area contributed by atoms with E-state index in [0.717, 1.165) is 0 Å². The fourth-order valence-corrected chi connectivity index (χ4v) is 4.21. The lowest BCUT2D eigenvalue weighted by atomic mass is 9.61. The van der Waals surface area contributed by atoms with Crippen LogP contribution in [-0.4, -0.2) is 43.7 Å². The number of dihydropyridines is 1. The number of aliphatic hydroxyl groups is 1. The largest absolute Gasteiger partial charge is 0.494 e. The zero-order chi connectivity index (χ0) is 22.2. The predicted octanol–water partition coefficient (Wildman–Crippen LogP) is 3.27. The second-order valence-electron chi connectivity index (χ2n) is 7.88. The molecule has 2 aliphatic rings. The summed E-state index contributed by atoms with van der Waals surface area (Å²) in [6.45, 7) is 1.64.